The van der Waals surface area contributed by atoms with E-state index in [2.05, 4.69) is 0 Å². The van der Waals surface area contributed by atoms with Crippen molar-refractivity contribution in [2.75, 3.05) is 18.0 Å². The van der Waals surface area contributed by atoms with Crippen LogP contribution in [0.25, 0.3) is 0 Å². The summed E-state index contributed by atoms with van der Waals surface area (Å²) in [5, 5.41) is 8.63. The van der Waals surface area contributed by atoms with Gasteiger partial charge in [-0.3, -0.25) is 0 Å². The Labute approximate surface area is 91.3 Å². The summed E-state index contributed by atoms with van der Waals surface area (Å²) in [5.74, 6) is -3.80. The minimum absolute atomic E-state index is 0.153. The van der Waals surface area contributed by atoms with E-state index in [1.807, 2.05) is 0 Å². The average Bonchev–Trinajstić information content (AvgIpc) is 2.74. The standard InChI is InChI=1S/C11H11F2NO2/c12-9-7(11(15)16)3-4-8(10(9)13)14-5-1-2-6-14/h3-4H,1-2,5-6H2,(H,15,16). The van der Waals surface area contributed by atoms with Crippen molar-refractivity contribution in [2.24, 2.45) is 0 Å². The van der Waals surface area contributed by atoms with Crippen molar-refractivity contribution >= 4 is 11.7 Å². The molecule has 0 radical (unpaired) electrons. The molecule has 0 bridgehead atoms. The third kappa shape index (κ3) is 1.73. The molecule has 3 nitrogen and oxygen atoms in total. The number of nitrogens with zero attached hydrogens (tertiary/aromatic N) is 1. The maximum atomic E-state index is 13.6. The van der Waals surface area contributed by atoms with Gasteiger partial charge in [-0.2, -0.15) is 0 Å². The SMILES string of the molecule is O=C(O)c1ccc(N2CCCC2)c(F)c1F. The number of carboxylic acid groups (broad SMARTS) is 1. The molecule has 2 rings (SSSR count). The normalized spacial score (nSPS) is 15.5. The number of benzene rings is 1. The van der Waals surface area contributed by atoms with E-state index in [0.29, 0.717) is 13.1 Å². The number of anilines is 1. The van der Waals surface area contributed by atoms with E-state index in [-0.39, 0.29) is 5.69 Å². The minimum atomic E-state index is -1.45. The zero-order valence-corrected chi connectivity index (χ0v) is 8.54. The number of halogens is 2. The van der Waals surface area contributed by atoms with E-state index < -0.39 is 23.2 Å². The number of rotatable bonds is 2. The molecule has 0 spiro atoms. The molecule has 1 aliphatic rings. The van der Waals surface area contributed by atoms with Crippen molar-refractivity contribution in [3.63, 3.8) is 0 Å². The van der Waals surface area contributed by atoms with E-state index in [4.69, 9.17) is 5.11 Å². The molecule has 0 unspecified atom stereocenters. The van der Waals surface area contributed by atoms with Gasteiger partial charge in [-0.05, 0) is 25.0 Å². The first-order valence-electron chi connectivity index (χ1n) is 5.07. The van der Waals surface area contributed by atoms with Crippen molar-refractivity contribution in [1.82, 2.24) is 0 Å². The molecule has 16 heavy (non-hydrogen) atoms. The Morgan fingerprint density at radius 2 is 1.81 bits per heavy atom. The maximum Gasteiger partial charge on any atom is 0.338 e. The summed E-state index contributed by atoms with van der Waals surface area (Å²) in [6.07, 6.45) is 1.89. The first-order valence-corrected chi connectivity index (χ1v) is 5.07. The van der Waals surface area contributed by atoms with Crippen LogP contribution in [0.4, 0.5) is 14.5 Å². The van der Waals surface area contributed by atoms with Crippen LogP contribution in [0.5, 0.6) is 0 Å². The van der Waals surface area contributed by atoms with Gasteiger partial charge in [-0.15, -0.1) is 0 Å². The largest absolute Gasteiger partial charge is 0.478 e. The molecule has 86 valence electrons. The van der Waals surface area contributed by atoms with Gasteiger partial charge in [-0.1, -0.05) is 0 Å². The molecule has 1 saturated heterocycles. The zero-order chi connectivity index (χ0) is 11.7. The van der Waals surface area contributed by atoms with Crippen LogP contribution in [-0.2, 0) is 0 Å². The van der Waals surface area contributed by atoms with Crippen LogP contribution in [0, 0.1) is 11.6 Å². The van der Waals surface area contributed by atoms with E-state index >= 15 is 0 Å². The molecule has 0 saturated carbocycles. The maximum absolute atomic E-state index is 13.6. The second-order valence-electron chi connectivity index (χ2n) is 3.76. The van der Waals surface area contributed by atoms with Crippen LogP contribution >= 0.6 is 0 Å². The van der Waals surface area contributed by atoms with Crippen LogP contribution in [0.2, 0.25) is 0 Å². The van der Waals surface area contributed by atoms with Crippen LogP contribution in [0.3, 0.4) is 0 Å². The summed E-state index contributed by atoms with van der Waals surface area (Å²) in [4.78, 5) is 12.3. The first kappa shape index (κ1) is 10.9. The molecule has 1 aromatic carbocycles. The quantitative estimate of drug-likeness (QED) is 0.842. The van der Waals surface area contributed by atoms with Gasteiger partial charge in [0, 0.05) is 13.1 Å². The molecule has 1 aromatic rings. The molecule has 5 heteroatoms. The van der Waals surface area contributed by atoms with Crippen molar-refractivity contribution in [1.29, 1.82) is 0 Å². The molecule has 1 aliphatic heterocycles. The summed E-state index contributed by atoms with van der Waals surface area (Å²) < 4.78 is 27.0. The van der Waals surface area contributed by atoms with Gasteiger partial charge >= 0.3 is 5.97 Å². The zero-order valence-electron chi connectivity index (χ0n) is 8.54. The first-order chi connectivity index (χ1) is 7.61. The summed E-state index contributed by atoms with van der Waals surface area (Å²) in [7, 11) is 0. The molecule has 1 heterocycles. The average molecular weight is 227 g/mol. The molecule has 0 aromatic heterocycles. The highest BCUT2D eigenvalue weighted by atomic mass is 19.2. The summed E-state index contributed by atoms with van der Waals surface area (Å²) >= 11 is 0. The predicted molar refractivity (Wildman–Crippen MR) is 54.8 cm³/mol. The third-order valence-electron chi connectivity index (χ3n) is 2.74. The van der Waals surface area contributed by atoms with Gasteiger partial charge in [-0.25, -0.2) is 13.6 Å². The van der Waals surface area contributed by atoms with E-state index in [0.717, 1.165) is 18.9 Å². The lowest BCUT2D eigenvalue weighted by Crippen LogP contribution is -2.20. The van der Waals surface area contributed by atoms with Crippen LogP contribution in [-0.4, -0.2) is 24.2 Å². The van der Waals surface area contributed by atoms with Crippen molar-refractivity contribution in [2.45, 2.75) is 12.8 Å². The number of aromatic carboxylic acids is 1. The number of hydrogen-bond acceptors (Lipinski definition) is 2. The molecule has 1 fully saturated rings. The van der Waals surface area contributed by atoms with Gasteiger partial charge in [0.25, 0.3) is 0 Å². The van der Waals surface area contributed by atoms with E-state index in [1.165, 1.54) is 6.07 Å². The van der Waals surface area contributed by atoms with E-state index in [1.54, 1.807) is 4.90 Å². The summed E-state index contributed by atoms with van der Waals surface area (Å²) in [6, 6.07) is 2.43. The fraction of sp³-hybridized carbons (Fsp3) is 0.364. The van der Waals surface area contributed by atoms with Crippen LogP contribution < -0.4 is 4.90 Å². The summed E-state index contributed by atoms with van der Waals surface area (Å²) in [5.41, 5.74) is -0.472. The minimum Gasteiger partial charge on any atom is -0.478 e. The second kappa shape index (κ2) is 4.08. The Hall–Kier alpha value is -1.65. The van der Waals surface area contributed by atoms with E-state index in [9.17, 15) is 13.6 Å². The van der Waals surface area contributed by atoms with Crippen molar-refractivity contribution in [3.8, 4) is 0 Å². The van der Waals surface area contributed by atoms with Gasteiger partial charge in [0.2, 0.25) is 0 Å². The number of carbonyl (C=O) groups is 1. The fourth-order valence-corrected chi connectivity index (χ4v) is 1.91. The summed E-state index contributed by atoms with van der Waals surface area (Å²) in [6.45, 7) is 1.37. The highest BCUT2D eigenvalue weighted by Gasteiger charge is 2.22. The molecule has 0 atom stereocenters. The van der Waals surface area contributed by atoms with Crippen LogP contribution in [0.1, 0.15) is 23.2 Å². The van der Waals surface area contributed by atoms with Gasteiger partial charge in [0.15, 0.2) is 11.6 Å². The van der Waals surface area contributed by atoms with Crippen molar-refractivity contribution < 1.29 is 18.7 Å². The van der Waals surface area contributed by atoms with Gasteiger partial charge < -0.3 is 10.0 Å². The Morgan fingerprint density at radius 3 is 2.38 bits per heavy atom. The third-order valence-corrected chi connectivity index (χ3v) is 2.74. The lowest BCUT2D eigenvalue weighted by atomic mass is 10.1. The Kier molecular flexibility index (Phi) is 2.77. The molecular formula is C11H11F2NO2. The topological polar surface area (TPSA) is 40.5 Å². The monoisotopic (exact) mass is 227 g/mol. The number of carboxylic acids is 1. The molecule has 0 aliphatic carbocycles. The number of hydrogen-bond donors (Lipinski definition) is 1. The molecular weight excluding hydrogens is 216 g/mol. The smallest absolute Gasteiger partial charge is 0.338 e. The van der Waals surface area contributed by atoms with Crippen LogP contribution in [0.15, 0.2) is 12.1 Å². The fourth-order valence-electron chi connectivity index (χ4n) is 1.91. The highest BCUT2D eigenvalue weighted by Crippen LogP contribution is 2.27. The molecule has 1 N–H and O–H groups in total. The van der Waals surface area contributed by atoms with Crippen molar-refractivity contribution in [3.05, 3.63) is 29.3 Å². The highest BCUT2D eigenvalue weighted by molar-refractivity contribution is 5.88. The lowest BCUT2D eigenvalue weighted by Gasteiger charge is -2.18. The predicted octanol–water partition coefficient (Wildman–Crippen LogP) is 2.26. The Bertz CT molecular complexity index is 428. The Balaban J connectivity index is 2.41. The Morgan fingerprint density at radius 1 is 1.19 bits per heavy atom. The second-order valence-corrected chi connectivity index (χ2v) is 3.76. The molecule has 0 amide bonds. The van der Waals surface area contributed by atoms with Gasteiger partial charge in [0.1, 0.15) is 0 Å². The van der Waals surface area contributed by atoms with Gasteiger partial charge in [0.05, 0.1) is 11.3 Å². The lowest BCUT2D eigenvalue weighted by molar-refractivity contribution is 0.0690.